The summed E-state index contributed by atoms with van der Waals surface area (Å²) in [5, 5.41) is 7.03. The van der Waals surface area contributed by atoms with Gasteiger partial charge in [-0.1, -0.05) is 32.0 Å². The van der Waals surface area contributed by atoms with E-state index in [9.17, 15) is 12.8 Å². The van der Waals surface area contributed by atoms with E-state index in [-0.39, 0.29) is 22.8 Å². The summed E-state index contributed by atoms with van der Waals surface area (Å²) in [7, 11) is -3.62. The maximum Gasteiger partial charge on any atom is 0.252 e. The van der Waals surface area contributed by atoms with E-state index in [0.717, 1.165) is 11.8 Å². The Labute approximate surface area is 151 Å². The van der Waals surface area contributed by atoms with Crippen molar-refractivity contribution < 1.29 is 12.8 Å². The van der Waals surface area contributed by atoms with Gasteiger partial charge in [0.2, 0.25) is 15.8 Å². The molecule has 2 heterocycles. The highest BCUT2D eigenvalue weighted by Gasteiger charge is 2.21. The van der Waals surface area contributed by atoms with Gasteiger partial charge in [0, 0.05) is 17.4 Å². The predicted octanol–water partition coefficient (Wildman–Crippen LogP) is 2.96. The maximum absolute atomic E-state index is 14.0. The lowest BCUT2D eigenvalue weighted by molar-refractivity contribution is 0.589. The SMILES string of the molecule is CC(C)c1cnn2c(NC(C)c3ccccc3F)nc(S(C)(=O)=O)nc12. The second-order valence-corrected chi connectivity index (χ2v) is 8.39. The topological polar surface area (TPSA) is 89.2 Å². The lowest BCUT2D eigenvalue weighted by Crippen LogP contribution is -2.16. The van der Waals surface area contributed by atoms with Crippen LogP contribution in [0, 0.1) is 5.82 Å². The standard InChI is InChI=1S/C17H20FN5O2S/c1-10(2)13-9-19-23-15(13)21-17(26(4,24)25)22-16(23)20-11(3)12-7-5-6-8-14(12)18/h5-11H,1-4H3,(H,20,21,22). The van der Waals surface area contributed by atoms with Gasteiger partial charge in [0.1, 0.15) is 5.82 Å². The van der Waals surface area contributed by atoms with Crippen LogP contribution in [0.2, 0.25) is 0 Å². The molecular formula is C17H20FN5O2S. The lowest BCUT2D eigenvalue weighted by Gasteiger charge is -2.16. The van der Waals surface area contributed by atoms with Crippen LogP contribution in [0.15, 0.2) is 35.6 Å². The number of hydrogen-bond donors (Lipinski definition) is 1. The first-order valence-corrected chi connectivity index (χ1v) is 10.0. The van der Waals surface area contributed by atoms with Crippen LogP contribution < -0.4 is 5.32 Å². The van der Waals surface area contributed by atoms with Gasteiger partial charge in [-0.3, -0.25) is 0 Å². The van der Waals surface area contributed by atoms with Crippen LogP contribution in [0.5, 0.6) is 0 Å². The summed E-state index contributed by atoms with van der Waals surface area (Å²) in [6.07, 6.45) is 2.69. The molecule has 0 aliphatic carbocycles. The Morgan fingerprint density at radius 1 is 1.12 bits per heavy atom. The minimum Gasteiger partial charge on any atom is -0.347 e. The molecule has 0 saturated heterocycles. The minimum atomic E-state index is -3.62. The summed E-state index contributed by atoms with van der Waals surface area (Å²) in [5.74, 6) is -0.0609. The van der Waals surface area contributed by atoms with Crippen LogP contribution in [-0.2, 0) is 9.84 Å². The first-order valence-electron chi connectivity index (χ1n) is 8.15. The Morgan fingerprint density at radius 2 is 1.81 bits per heavy atom. The van der Waals surface area contributed by atoms with E-state index in [2.05, 4.69) is 20.4 Å². The Morgan fingerprint density at radius 3 is 2.42 bits per heavy atom. The Hall–Kier alpha value is -2.55. The molecular weight excluding hydrogens is 357 g/mol. The predicted molar refractivity (Wildman–Crippen MR) is 96.4 cm³/mol. The Kier molecular flexibility index (Phi) is 4.66. The van der Waals surface area contributed by atoms with Crippen LogP contribution in [0.3, 0.4) is 0 Å². The number of anilines is 1. The average Bonchev–Trinajstić information content (AvgIpc) is 2.98. The number of sulfone groups is 1. The summed E-state index contributed by atoms with van der Waals surface area (Å²) >= 11 is 0. The number of aromatic nitrogens is 4. The van der Waals surface area contributed by atoms with Crippen molar-refractivity contribution >= 4 is 21.4 Å². The first-order chi connectivity index (χ1) is 12.2. The molecule has 0 amide bonds. The maximum atomic E-state index is 14.0. The summed E-state index contributed by atoms with van der Waals surface area (Å²) in [6.45, 7) is 5.70. The van der Waals surface area contributed by atoms with E-state index in [1.165, 1.54) is 10.6 Å². The first kappa shape index (κ1) is 18.2. The van der Waals surface area contributed by atoms with E-state index in [1.807, 2.05) is 13.8 Å². The lowest BCUT2D eigenvalue weighted by atomic mass is 10.1. The molecule has 0 spiro atoms. The smallest absolute Gasteiger partial charge is 0.252 e. The number of fused-ring (bicyclic) bond motifs is 1. The largest absolute Gasteiger partial charge is 0.347 e. The third-order valence-corrected chi connectivity index (χ3v) is 4.89. The zero-order valence-corrected chi connectivity index (χ0v) is 15.7. The van der Waals surface area contributed by atoms with Gasteiger partial charge in [-0.25, -0.2) is 12.8 Å². The van der Waals surface area contributed by atoms with Crippen molar-refractivity contribution in [2.75, 3.05) is 11.6 Å². The van der Waals surface area contributed by atoms with Crippen molar-refractivity contribution in [3.63, 3.8) is 0 Å². The van der Waals surface area contributed by atoms with E-state index in [0.29, 0.717) is 11.2 Å². The molecule has 3 rings (SSSR count). The molecule has 7 nitrogen and oxygen atoms in total. The van der Waals surface area contributed by atoms with Gasteiger partial charge in [-0.15, -0.1) is 0 Å². The summed E-state index contributed by atoms with van der Waals surface area (Å²) in [6, 6.07) is 5.92. The minimum absolute atomic E-state index is 0.103. The van der Waals surface area contributed by atoms with Crippen LogP contribution >= 0.6 is 0 Å². The van der Waals surface area contributed by atoms with E-state index in [4.69, 9.17) is 0 Å². The fraction of sp³-hybridized carbons (Fsp3) is 0.353. The molecule has 0 radical (unpaired) electrons. The number of nitrogens with zero attached hydrogens (tertiary/aromatic N) is 4. The normalized spacial score (nSPS) is 13.3. The number of hydrogen-bond acceptors (Lipinski definition) is 6. The molecule has 2 aromatic heterocycles. The Bertz CT molecular complexity index is 1060. The Balaban J connectivity index is 2.14. The van der Waals surface area contributed by atoms with Crippen molar-refractivity contribution in [3.05, 3.63) is 47.4 Å². The van der Waals surface area contributed by atoms with Crippen molar-refractivity contribution in [1.29, 1.82) is 0 Å². The molecule has 3 aromatic rings. The van der Waals surface area contributed by atoms with Gasteiger partial charge in [-0.2, -0.15) is 19.6 Å². The number of benzene rings is 1. The summed E-state index contributed by atoms with van der Waals surface area (Å²) in [5.41, 5.74) is 1.66. The quantitative estimate of drug-likeness (QED) is 0.735. The molecule has 138 valence electrons. The molecule has 0 fully saturated rings. The molecule has 1 unspecified atom stereocenters. The van der Waals surface area contributed by atoms with Gasteiger partial charge in [0.25, 0.3) is 5.16 Å². The number of nitrogens with one attached hydrogen (secondary N) is 1. The van der Waals surface area contributed by atoms with Gasteiger partial charge in [0.15, 0.2) is 5.65 Å². The highest BCUT2D eigenvalue weighted by Crippen LogP contribution is 2.25. The second kappa shape index (κ2) is 6.64. The number of rotatable bonds is 5. The molecule has 0 aliphatic heterocycles. The van der Waals surface area contributed by atoms with Crippen LogP contribution in [0.4, 0.5) is 10.3 Å². The molecule has 26 heavy (non-hydrogen) atoms. The molecule has 9 heteroatoms. The molecule has 0 saturated carbocycles. The van der Waals surface area contributed by atoms with Crippen molar-refractivity contribution in [3.8, 4) is 0 Å². The highest BCUT2D eigenvalue weighted by atomic mass is 32.2. The summed E-state index contributed by atoms with van der Waals surface area (Å²) in [4.78, 5) is 8.28. The molecule has 1 N–H and O–H groups in total. The van der Waals surface area contributed by atoms with Crippen molar-refractivity contribution in [1.82, 2.24) is 19.6 Å². The van der Waals surface area contributed by atoms with E-state index < -0.39 is 15.9 Å². The van der Waals surface area contributed by atoms with Crippen LogP contribution in [-0.4, -0.2) is 34.3 Å². The third kappa shape index (κ3) is 3.39. The summed E-state index contributed by atoms with van der Waals surface area (Å²) < 4.78 is 39.5. The van der Waals surface area contributed by atoms with Crippen LogP contribution in [0.1, 0.15) is 43.9 Å². The second-order valence-electron chi connectivity index (χ2n) is 6.48. The molecule has 0 aliphatic rings. The van der Waals surface area contributed by atoms with E-state index in [1.54, 1.807) is 31.3 Å². The van der Waals surface area contributed by atoms with E-state index >= 15 is 0 Å². The highest BCUT2D eigenvalue weighted by molar-refractivity contribution is 7.90. The molecule has 0 bridgehead atoms. The van der Waals surface area contributed by atoms with Crippen molar-refractivity contribution in [2.24, 2.45) is 0 Å². The zero-order chi connectivity index (χ0) is 19.1. The average molecular weight is 377 g/mol. The third-order valence-electron chi connectivity index (χ3n) is 4.05. The van der Waals surface area contributed by atoms with Gasteiger partial charge < -0.3 is 5.32 Å². The fourth-order valence-electron chi connectivity index (χ4n) is 2.64. The zero-order valence-electron chi connectivity index (χ0n) is 14.9. The monoisotopic (exact) mass is 377 g/mol. The van der Waals surface area contributed by atoms with Crippen molar-refractivity contribution in [2.45, 2.75) is 37.9 Å². The molecule has 1 aromatic carbocycles. The van der Waals surface area contributed by atoms with Gasteiger partial charge in [0.05, 0.1) is 12.2 Å². The fourth-order valence-corrected chi connectivity index (χ4v) is 3.14. The number of halogens is 1. The molecule has 1 atom stereocenters. The van der Waals surface area contributed by atoms with Crippen LogP contribution in [0.25, 0.3) is 5.65 Å². The van der Waals surface area contributed by atoms with Gasteiger partial charge in [-0.05, 0) is 18.9 Å². The van der Waals surface area contributed by atoms with Gasteiger partial charge >= 0.3 is 0 Å².